The first-order chi connectivity index (χ1) is 9.27. The van der Waals surface area contributed by atoms with Crippen LogP contribution < -0.4 is 5.32 Å². The van der Waals surface area contributed by atoms with E-state index in [0.717, 1.165) is 0 Å². The van der Waals surface area contributed by atoms with Crippen LogP contribution in [0.4, 0.5) is 0 Å². The number of rotatable bonds is 6. The van der Waals surface area contributed by atoms with E-state index in [-0.39, 0.29) is 23.6 Å². The second-order valence-electron chi connectivity index (χ2n) is 4.64. The molecule has 110 valence electrons. The van der Waals surface area contributed by atoms with Gasteiger partial charge in [0.05, 0.1) is 29.2 Å². The van der Waals surface area contributed by atoms with Gasteiger partial charge in [0.25, 0.3) is 5.91 Å². The topological polar surface area (TPSA) is 75.6 Å². The molecule has 0 aliphatic rings. The van der Waals surface area contributed by atoms with Gasteiger partial charge in [0, 0.05) is 12.1 Å². The molecule has 1 aromatic rings. The van der Waals surface area contributed by atoms with Crippen molar-refractivity contribution < 1.29 is 19.4 Å². The van der Waals surface area contributed by atoms with Crippen LogP contribution in [0.1, 0.15) is 23.7 Å². The van der Waals surface area contributed by atoms with E-state index in [1.54, 1.807) is 13.0 Å². The molecule has 1 rings (SSSR count). The van der Waals surface area contributed by atoms with E-state index in [2.05, 4.69) is 5.32 Å². The number of benzene rings is 1. The highest BCUT2D eigenvalue weighted by Crippen LogP contribution is 2.22. The number of hydrogen-bond acceptors (Lipinski definition) is 3. The largest absolute Gasteiger partial charge is 0.481 e. The predicted molar refractivity (Wildman–Crippen MR) is 76.5 cm³/mol. The molecule has 1 amide bonds. The summed E-state index contributed by atoms with van der Waals surface area (Å²) in [6.07, 6.45) is -0.273. The molecular formula is C13H15Cl2NO4. The SMILES string of the molecule is COCC(C)(CC(=O)O)NC(=O)c1cc(Cl)ccc1Cl. The number of hydrogen-bond donors (Lipinski definition) is 2. The van der Waals surface area contributed by atoms with Gasteiger partial charge < -0.3 is 15.2 Å². The quantitative estimate of drug-likeness (QED) is 0.845. The van der Waals surface area contributed by atoms with Crippen molar-refractivity contribution in [3.8, 4) is 0 Å². The zero-order chi connectivity index (χ0) is 15.3. The van der Waals surface area contributed by atoms with Gasteiger partial charge in [-0.3, -0.25) is 9.59 Å². The van der Waals surface area contributed by atoms with E-state index in [1.165, 1.54) is 19.2 Å². The van der Waals surface area contributed by atoms with E-state index in [0.29, 0.717) is 5.02 Å². The van der Waals surface area contributed by atoms with Gasteiger partial charge in [0.2, 0.25) is 0 Å². The zero-order valence-corrected chi connectivity index (χ0v) is 12.6. The summed E-state index contributed by atoms with van der Waals surface area (Å²) in [5.41, 5.74) is -0.851. The highest BCUT2D eigenvalue weighted by atomic mass is 35.5. The number of methoxy groups -OCH3 is 1. The molecule has 0 aromatic heterocycles. The minimum atomic E-state index is -1.04. The molecule has 2 N–H and O–H groups in total. The van der Waals surface area contributed by atoms with Gasteiger partial charge in [-0.1, -0.05) is 23.2 Å². The smallest absolute Gasteiger partial charge is 0.305 e. The molecule has 0 bridgehead atoms. The number of carboxylic acids is 1. The Morgan fingerprint density at radius 2 is 2.05 bits per heavy atom. The Bertz CT molecular complexity index is 521. The van der Waals surface area contributed by atoms with Crippen molar-refractivity contribution in [2.45, 2.75) is 18.9 Å². The highest BCUT2D eigenvalue weighted by Gasteiger charge is 2.30. The molecule has 20 heavy (non-hydrogen) atoms. The molecule has 0 fully saturated rings. The lowest BCUT2D eigenvalue weighted by atomic mass is 9.98. The Kier molecular flexibility index (Phi) is 5.80. The van der Waals surface area contributed by atoms with Gasteiger partial charge in [-0.2, -0.15) is 0 Å². The average molecular weight is 320 g/mol. The molecule has 0 saturated heterocycles. The average Bonchev–Trinajstić information content (AvgIpc) is 2.30. The summed E-state index contributed by atoms with van der Waals surface area (Å²) >= 11 is 11.8. The maximum absolute atomic E-state index is 12.2. The number of aliphatic carboxylic acids is 1. The number of carboxylic acid groups (broad SMARTS) is 1. The molecule has 7 heteroatoms. The fourth-order valence-electron chi connectivity index (χ4n) is 1.80. The molecule has 0 aliphatic heterocycles. The summed E-state index contributed by atoms with van der Waals surface area (Å²) in [7, 11) is 1.43. The molecule has 1 unspecified atom stereocenters. The summed E-state index contributed by atoms with van der Waals surface area (Å²) in [6.45, 7) is 1.64. The summed E-state index contributed by atoms with van der Waals surface area (Å²) in [4.78, 5) is 23.1. The van der Waals surface area contributed by atoms with Crippen LogP contribution in [0.25, 0.3) is 0 Å². The molecule has 1 atom stereocenters. The third-order valence-corrected chi connectivity index (χ3v) is 3.16. The number of halogens is 2. The molecule has 0 spiro atoms. The van der Waals surface area contributed by atoms with E-state index < -0.39 is 17.4 Å². The van der Waals surface area contributed by atoms with Crippen LogP contribution in [-0.2, 0) is 9.53 Å². The van der Waals surface area contributed by atoms with Crippen LogP contribution in [0.3, 0.4) is 0 Å². The molecule has 1 aromatic carbocycles. The Labute approximate surface area is 126 Å². The summed E-state index contributed by atoms with van der Waals surface area (Å²) in [5, 5.41) is 12.1. The second kappa shape index (κ2) is 6.92. The molecular weight excluding hydrogens is 305 g/mol. The van der Waals surface area contributed by atoms with Gasteiger partial charge in [-0.05, 0) is 25.1 Å². The van der Waals surface area contributed by atoms with Crippen LogP contribution in [-0.4, -0.2) is 36.2 Å². The van der Waals surface area contributed by atoms with E-state index in [4.69, 9.17) is 33.0 Å². The van der Waals surface area contributed by atoms with Gasteiger partial charge in [-0.25, -0.2) is 0 Å². The Balaban J connectivity index is 2.95. The zero-order valence-electron chi connectivity index (χ0n) is 11.1. The first-order valence-corrected chi connectivity index (χ1v) is 6.51. The summed E-state index contributed by atoms with van der Waals surface area (Å²) in [5.74, 6) is -1.54. The van der Waals surface area contributed by atoms with Crippen molar-refractivity contribution in [2.75, 3.05) is 13.7 Å². The van der Waals surface area contributed by atoms with Gasteiger partial charge >= 0.3 is 5.97 Å². The van der Waals surface area contributed by atoms with E-state index in [9.17, 15) is 9.59 Å². The summed E-state index contributed by atoms with van der Waals surface area (Å²) < 4.78 is 4.96. The molecule has 0 radical (unpaired) electrons. The number of nitrogens with one attached hydrogen (secondary N) is 1. The van der Waals surface area contributed by atoms with Crippen LogP contribution in [0.2, 0.25) is 10.0 Å². The first kappa shape index (κ1) is 16.8. The lowest BCUT2D eigenvalue weighted by Crippen LogP contribution is -2.50. The van der Waals surface area contributed by atoms with Crippen molar-refractivity contribution in [1.82, 2.24) is 5.32 Å². The molecule has 5 nitrogen and oxygen atoms in total. The lowest BCUT2D eigenvalue weighted by Gasteiger charge is -2.28. The van der Waals surface area contributed by atoms with Crippen LogP contribution in [0.15, 0.2) is 18.2 Å². The van der Waals surface area contributed by atoms with E-state index >= 15 is 0 Å². The molecule has 0 heterocycles. The van der Waals surface area contributed by atoms with Crippen LogP contribution >= 0.6 is 23.2 Å². The predicted octanol–water partition coefficient (Wildman–Crippen LogP) is 2.60. The van der Waals surface area contributed by atoms with Gasteiger partial charge in [0.15, 0.2) is 0 Å². The monoisotopic (exact) mass is 319 g/mol. The fraction of sp³-hybridized carbons (Fsp3) is 0.385. The van der Waals surface area contributed by atoms with Gasteiger partial charge in [-0.15, -0.1) is 0 Å². The van der Waals surface area contributed by atoms with Gasteiger partial charge in [0.1, 0.15) is 0 Å². The Morgan fingerprint density at radius 3 is 2.60 bits per heavy atom. The Morgan fingerprint density at radius 1 is 1.40 bits per heavy atom. The maximum Gasteiger partial charge on any atom is 0.305 e. The highest BCUT2D eigenvalue weighted by molar-refractivity contribution is 6.35. The number of carbonyl (C=O) groups excluding carboxylic acids is 1. The maximum atomic E-state index is 12.2. The molecule has 0 saturated carbocycles. The minimum Gasteiger partial charge on any atom is -0.481 e. The van der Waals surface area contributed by atoms with E-state index in [1.807, 2.05) is 0 Å². The van der Waals surface area contributed by atoms with Crippen molar-refractivity contribution >= 4 is 35.1 Å². The standard InChI is InChI=1S/C13H15Cl2NO4/c1-13(7-20-2,6-11(17)18)16-12(19)9-5-8(14)3-4-10(9)15/h3-5H,6-7H2,1-2H3,(H,16,19)(H,17,18). The van der Waals surface area contributed by atoms with Crippen molar-refractivity contribution in [1.29, 1.82) is 0 Å². The fourth-order valence-corrected chi connectivity index (χ4v) is 2.17. The normalized spacial score (nSPS) is 13.6. The number of carbonyl (C=O) groups is 2. The number of ether oxygens (including phenoxy) is 1. The van der Waals surface area contributed by atoms with Crippen LogP contribution in [0.5, 0.6) is 0 Å². The third-order valence-electron chi connectivity index (χ3n) is 2.59. The minimum absolute atomic E-state index is 0.0588. The lowest BCUT2D eigenvalue weighted by molar-refractivity contribution is -0.139. The van der Waals surface area contributed by atoms with Crippen molar-refractivity contribution in [3.63, 3.8) is 0 Å². The molecule has 0 aliphatic carbocycles. The summed E-state index contributed by atoms with van der Waals surface area (Å²) in [6, 6.07) is 4.49. The second-order valence-corrected chi connectivity index (χ2v) is 5.49. The van der Waals surface area contributed by atoms with Crippen molar-refractivity contribution in [2.24, 2.45) is 0 Å². The van der Waals surface area contributed by atoms with Crippen LogP contribution in [0, 0.1) is 0 Å². The number of amides is 1. The van der Waals surface area contributed by atoms with Crippen molar-refractivity contribution in [3.05, 3.63) is 33.8 Å². The Hall–Kier alpha value is -1.30. The first-order valence-electron chi connectivity index (χ1n) is 5.76. The third kappa shape index (κ3) is 4.67.